The minimum Gasteiger partial charge on any atom is -0.551 e. The highest BCUT2D eigenvalue weighted by molar-refractivity contribution is 6.84. The SMILES string of the molecule is c1ccc(-c2ccccc2-c2ccc3c(c2)Oc2cc(-c4ccc(-n5c6ccccc6c6ccccc65)cc4)cc4c2B3Oc2ccccc2-4)cc1. The van der Waals surface area contributed by atoms with Crippen molar-refractivity contribution in [1.29, 1.82) is 0 Å². The monoisotopic (exact) mass is 663 g/mol. The molecule has 9 aromatic rings. The van der Waals surface area contributed by atoms with Crippen LogP contribution in [0.15, 0.2) is 182 Å². The molecular formula is C48H30BNO2. The van der Waals surface area contributed by atoms with Crippen LogP contribution in [0.5, 0.6) is 17.2 Å². The maximum atomic E-state index is 6.90. The van der Waals surface area contributed by atoms with Crippen molar-refractivity contribution < 1.29 is 9.39 Å². The zero-order chi connectivity index (χ0) is 34.2. The Labute approximate surface area is 302 Å². The van der Waals surface area contributed by atoms with E-state index >= 15 is 0 Å². The molecule has 8 aromatic carbocycles. The van der Waals surface area contributed by atoms with E-state index in [1.54, 1.807) is 0 Å². The number of aromatic nitrogens is 1. The molecule has 242 valence electrons. The Morgan fingerprint density at radius 3 is 1.73 bits per heavy atom. The minimum absolute atomic E-state index is 0.270. The third-order valence-electron chi connectivity index (χ3n) is 10.7. The number of rotatable bonds is 4. The van der Waals surface area contributed by atoms with E-state index in [2.05, 4.69) is 180 Å². The van der Waals surface area contributed by atoms with Gasteiger partial charge in [-0.25, -0.2) is 0 Å². The molecule has 2 aliphatic rings. The van der Waals surface area contributed by atoms with Crippen LogP contribution in [0.3, 0.4) is 0 Å². The van der Waals surface area contributed by atoms with Crippen molar-refractivity contribution in [3.63, 3.8) is 0 Å². The summed E-state index contributed by atoms with van der Waals surface area (Å²) in [4.78, 5) is 0. The Hall–Kier alpha value is -6.78. The van der Waals surface area contributed by atoms with Gasteiger partial charge < -0.3 is 14.0 Å². The first-order chi connectivity index (χ1) is 25.8. The lowest BCUT2D eigenvalue weighted by atomic mass is 9.50. The molecule has 0 saturated carbocycles. The van der Waals surface area contributed by atoms with Gasteiger partial charge in [0.05, 0.1) is 11.0 Å². The summed E-state index contributed by atoms with van der Waals surface area (Å²) in [6, 6.07) is 64.7. The van der Waals surface area contributed by atoms with Crippen LogP contribution in [-0.2, 0) is 0 Å². The van der Waals surface area contributed by atoms with Crippen LogP contribution in [0.4, 0.5) is 0 Å². The number of nitrogens with zero attached hydrogens (tertiary/aromatic N) is 1. The normalized spacial score (nSPS) is 12.5. The number of para-hydroxylation sites is 3. The molecule has 0 radical (unpaired) electrons. The van der Waals surface area contributed by atoms with E-state index in [4.69, 9.17) is 9.39 Å². The standard InChI is InChI=1S/C48H30BNO2/c1-2-12-32(13-3-1)36-14-4-5-15-37(36)33-24-27-42-46(29-33)51-47-30-34(28-41-40-18-8-11-21-45(40)52-49(42)48(41)47)31-22-25-35(26-23-31)50-43-19-9-6-16-38(43)39-17-7-10-20-44(39)50/h1-30H. The maximum Gasteiger partial charge on any atom is 0.434 e. The molecule has 0 bridgehead atoms. The van der Waals surface area contributed by atoms with Crippen LogP contribution in [-0.4, -0.2) is 11.5 Å². The van der Waals surface area contributed by atoms with E-state index in [9.17, 15) is 0 Å². The molecule has 0 N–H and O–H groups in total. The molecule has 2 aliphatic heterocycles. The molecule has 0 aliphatic carbocycles. The highest BCUT2D eigenvalue weighted by Gasteiger charge is 2.41. The minimum atomic E-state index is -0.270. The van der Waals surface area contributed by atoms with E-state index in [1.165, 1.54) is 38.5 Å². The Bertz CT molecular complexity index is 2800. The van der Waals surface area contributed by atoms with Crippen molar-refractivity contribution >= 4 is 39.6 Å². The van der Waals surface area contributed by atoms with Crippen LogP contribution in [0.2, 0.25) is 0 Å². The molecule has 0 spiro atoms. The number of hydrogen-bond donors (Lipinski definition) is 0. The van der Waals surface area contributed by atoms with E-state index < -0.39 is 0 Å². The average molecular weight is 664 g/mol. The van der Waals surface area contributed by atoms with Crippen LogP contribution in [0.25, 0.3) is 72.0 Å². The smallest absolute Gasteiger partial charge is 0.434 e. The topological polar surface area (TPSA) is 23.4 Å². The van der Waals surface area contributed by atoms with Crippen LogP contribution < -0.4 is 20.3 Å². The lowest BCUT2D eigenvalue weighted by Gasteiger charge is -2.33. The zero-order valence-corrected chi connectivity index (χ0v) is 28.2. The summed E-state index contributed by atoms with van der Waals surface area (Å²) in [6.07, 6.45) is 0. The molecule has 0 atom stereocenters. The van der Waals surface area contributed by atoms with Gasteiger partial charge in [0, 0.05) is 32.9 Å². The largest absolute Gasteiger partial charge is 0.551 e. The molecule has 3 nitrogen and oxygen atoms in total. The van der Waals surface area contributed by atoms with Gasteiger partial charge in [-0.05, 0) is 87.5 Å². The highest BCUT2D eigenvalue weighted by Crippen LogP contribution is 2.43. The van der Waals surface area contributed by atoms with Crippen molar-refractivity contribution in [2.45, 2.75) is 0 Å². The molecule has 52 heavy (non-hydrogen) atoms. The summed E-state index contributed by atoms with van der Waals surface area (Å²) >= 11 is 0. The van der Waals surface area contributed by atoms with Gasteiger partial charge in [0.1, 0.15) is 17.2 Å². The van der Waals surface area contributed by atoms with Gasteiger partial charge in [-0.15, -0.1) is 0 Å². The summed E-state index contributed by atoms with van der Waals surface area (Å²) < 4.78 is 16.1. The molecule has 1 aromatic heterocycles. The summed E-state index contributed by atoms with van der Waals surface area (Å²) in [7, 11) is 0. The molecule has 0 unspecified atom stereocenters. The van der Waals surface area contributed by atoms with E-state index in [-0.39, 0.29) is 6.92 Å². The quantitative estimate of drug-likeness (QED) is 0.175. The predicted octanol–water partition coefficient (Wildman–Crippen LogP) is 11.1. The van der Waals surface area contributed by atoms with E-state index in [1.807, 2.05) is 6.07 Å². The second kappa shape index (κ2) is 11.4. The van der Waals surface area contributed by atoms with Crippen molar-refractivity contribution in [3.05, 3.63) is 182 Å². The fraction of sp³-hybridized carbons (Fsp3) is 0. The lowest BCUT2D eigenvalue weighted by Crippen LogP contribution is -2.53. The summed E-state index contributed by atoms with van der Waals surface area (Å²) in [5.41, 5.74) is 14.8. The highest BCUT2D eigenvalue weighted by atomic mass is 16.5. The van der Waals surface area contributed by atoms with Crippen LogP contribution in [0, 0.1) is 0 Å². The van der Waals surface area contributed by atoms with Gasteiger partial charge in [-0.2, -0.15) is 0 Å². The third-order valence-corrected chi connectivity index (χ3v) is 10.7. The number of benzene rings is 8. The van der Waals surface area contributed by atoms with E-state index in [0.717, 1.165) is 61.7 Å². The summed E-state index contributed by atoms with van der Waals surface area (Å²) in [6.45, 7) is -0.270. The Balaban J connectivity index is 1.03. The zero-order valence-electron chi connectivity index (χ0n) is 28.2. The van der Waals surface area contributed by atoms with Gasteiger partial charge in [0.25, 0.3) is 0 Å². The van der Waals surface area contributed by atoms with Gasteiger partial charge in [0.15, 0.2) is 0 Å². The first-order valence-corrected chi connectivity index (χ1v) is 17.8. The number of hydrogen-bond acceptors (Lipinski definition) is 2. The number of fused-ring (bicyclic) bond motifs is 7. The average Bonchev–Trinajstić information content (AvgIpc) is 3.55. The fourth-order valence-corrected chi connectivity index (χ4v) is 8.30. The second-order valence-corrected chi connectivity index (χ2v) is 13.6. The van der Waals surface area contributed by atoms with Crippen LogP contribution >= 0.6 is 0 Å². The van der Waals surface area contributed by atoms with Gasteiger partial charge in [-0.3, -0.25) is 0 Å². The summed E-state index contributed by atoms with van der Waals surface area (Å²) in [5, 5.41) is 2.52. The van der Waals surface area contributed by atoms with E-state index in [0.29, 0.717) is 0 Å². The predicted molar refractivity (Wildman–Crippen MR) is 215 cm³/mol. The molecule has 4 heteroatoms. The van der Waals surface area contributed by atoms with Crippen molar-refractivity contribution in [2.24, 2.45) is 0 Å². The third kappa shape index (κ3) is 4.41. The summed E-state index contributed by atoms with van der Waals surface area (Å²) in [5.74, 6) is 2.54. The number of ether oxygens (including phenoxy) is 1. The Morgan fingerprint density at radius 2 is 0.981 bits per heavy atom. The van der Waals surface area contributed by atoms with Gasteiger partial charge >= 0.3 is 6.92 Å². The molecule has 0 saturated heterocycles. The molecule has 3 heterocycles. The van der Waals surface area contributed by atoms with Gasteiger partial charge in [0.2, 0.25) is 0 Å². The van der Waals surface area contributed by atoms with Gasteiger partial charge in [-0.1, -0.05) is 133 Å². The fourth-order valence-electron chi connectivity index (χ4n) is 8.30. The Morgan fingerprint density at radius 1 is 0.385 bits per heavy atom. The van der Waals surface area contributed by atoms with Crippen LogP contribution in [0.1, 0.15) is 0 Å². The second-order valence-electron chi connectivity index (χ2n) is 13.6. The molecular weight excluding hydrogens is 633 g/mol. The molecule has 11 rings (SSSR count). The van der Waals surface area contributed by atoms with Crippen molar-refractivity contribution in [2.75, 3.05) is 0 Å². The Kier molecular flexibility index (Phi) is 6.35. The molecule has 0 fully saturated rings. The first-order valence-electron chi connectivity index (χ1n) is 17.8. The molecule has 0 amide bonds. The lowest BCUT2D eigenvalue weighted by molar-refractivity contribution is 0.480. The maximum absolute atomic E-state index is 6.90. The van der Waals surface area contributed by atoms with Crippen molar-refractivity contribution in [1.82, 2.24) is 4.57 Å². The van der Waals surface area contributed by atoms with Crippen molar-refractivity contribution in [3.8, 4) is 67.4 Å². The first kappa shape index (κ1) is 29.0.